The Hall–Kier alpha value is -1.10. The van der Waals surface area contributed by atoms with Gasteiger partial charge in [0.1, 0.15) is 11.4 Å². The summed E-state index contributed by atoms with van der Waals surface area (Å²) in [5.74, 6) is 0.509. The van der Waals surface area contributed by atoms with Crippen LogP contribution in [0.3, 0.4) is 0 Å². The van der Waals surface area contributed by atoms with Crippen LogP contribution in [0.2, 0.25) is 0 Å². The number of amides is 2. The Morgan fingerprint density at radius 1 is 1.50 bits per heavy atom. The SMILES string of the molecule is CC1CC2(CN1C1CC1)C(N)=NC(=O)N2C. The minimum atomic E-state index is -0.320. The quantitative estimate of drug-likeness (QED) is 0.698. The summed E-state index contributed by atoms with van der Waals surface area (Å²) >= 11 is 0. The summed E-state index contributed by atoms with van der Waals surface area (Å²) in [5, 5.41) is 0. The molecular weight excluding hydrogens is 204 g/mol. The van der Waals surface area contributed by atoms with Gasteiger partial charge in [-0.3, -0.25) is 4.90 Å². The molecule has 2 unspecified atom stereocenters. The van der Waals surface area contributed by atoms with Crippen LogP contribution >= 0.6 is 0 Å². The molecule has 16 heavy (non-hydrogen) atoms. The van der Waals surface area contributed by atoms with E-state index in [1.165, 1.54) is 12.8 Å². The molecule has 88 valence electrons. The fourth-order valence-electron chi connectivity index (χ4n) is 3.09. The molecule has 0 bridgehead atoms. The van der Waals surface area contributed by atoms with Crippen LogP contribution in [0.1, 0.15) is 26.2 Å². The first-order chi connectivity index (χ1) is 7.54. The summed E-state index contributed by atoms with van der Waals surface area (Å²) < 4.78 is 0. The van der Waals surface area contributed by atoms with Crippen molar-refractivity contribution in [3.8, 4) is 0 Å². The fourth-order valence-corrected chi connectivity index (χ4v) is 3.09. The van der Waals surface area contributed by atoms with Gasteiger partial charge in [0.05, 0.1) is 0 Å². The lowest BCUT2D eigenvalue weighted by Crippen LogP contribution is -2.54. The number of urea groups is 1. The maximum absolute atomic E-state index is 11.6. The van der Waals surface area contributed by atoms with Crippen molar-refractivity contribution in [2.45, 2.75) is 43.8 Å². The first-order valence-electron chi connectivity index (χ1n) is 5.93. The predicted octanol–water partition coefficient (Wildman–Crippen LogP) is 0.404. The Kier molecular flexibility index (Phi) is 1.87. The van der Waals surface area contributed by atoms with Gasteiger partial charge in [0.25, 0.3) is 0 Å². The second kappa shape index (κ2) is 2.97. The monoisotopic (exact) mass is 222 g/mol. The minimum absolute atomic E-state index is 0.192. The van der Waals surface area contributed by atoms with Crippen LogP contribution in [0.25, 0.3) is 0 Å². The zero-order valence-electron chi connectivity index (χ0n) is 9.81. The number of hydrogen-bond acceptors (Lipinski definition) is 3. The Balaban J connectivity index is 1.90. The zero-order chi connectivity index (χ0) is 11.5. The van der Waals surface area contributed by atoms with E-state index in [-0.39, 0.29) is 11.6 Å². The van der Waals surface area contributed by atoms with E-state index in [0.29, 0.717) is 17.9 Å². The van der Waals surface area contributed by atoms with E-state index in [1.807, 2.05) is 7.05 Å². The van der Waals surface area contributed by atoms with E-state index in [2.05, 4.69) is 16.8 Å². The lowest BCUT2D eigenvalue weighted by molar-refractivity contribution is 0.187. The van der Waals surface area contributed by atoms with Crippen molar-refractivity contribution >= 4 is 11.9 Å². The van der Waals surface area contributed by atoms with E-state index in [1.54, 1.807) is 4.90 Å². The second-order valence-corrected chi connectivity index (χ2v) is 5.33. The molecule has 2 aliphatic heterocycles. The van der Waals surface area contributed by atoms with Gasteiger partial charge in [-0.25, -0.2) is 4.79 Å². The van der Waals surface area contributed by atoms with Gasteiger partial charge in [-0.05, 0) is 26.2 Å². The number of likely N-dealkylation sites (tertiary alicyclic amines) is 1. The largest absolute Gasteiger partial charge is 0.385 e. The molecule has 3 aliphatic rings. The molecule has 0 radical (unpaired) electrons. The highest BCUT2D eigenvalue weighted by atomic mass is 16.2. The third-order valence-electron chi connectivity index (χ3n) is 4.28. The molecule has 2 N–H and O–H groups in total. The highest BCUT2D eigenvalue weighted by Gasteiger charge is 2.55. The fraction of sp³-hybridized carbons (Fsp3) is 0.818. The van der Waals surface area contributed by atoms with Crippen LogP contribution in [0.15, 0.2) is 4.99 Å². The first-order valence-corrected chi connectivity index (χ1v) is 5.93. The van der Waals surface area contributed by atoms with Crippen LogP contribution in [0.5, 0.6) is 0 Å². The average molecular weight is 222 g/mol. The van der Waals surface area contributed by atoms with Crippen LogP contribution < -0.4 is 5.73 Å². The molecule has 3 rings (SSSR count). The van der Waals surface area contributed by atoms with Gasteiger partial charge in [-0.2, -0.15) is 4.99 Å². The molecule has 2 atom stereocenters. The number of carbonyl (C=O) groups is 1. The van der Waals surface area contributed by atoms with E-state index in [9.17, 15) is 4.79 Å². The molecule has 2 fully saturated rings. The van der Waals surface area contributed by atoms with Gasteiger partial charge in [0.2, 0.25) is 0 Å². The first kappa shape index (κ1) is 10.1. The highest BCUT2D eigenvalue weighted by Crippen LogP contribution is 2.41. The van der Waals surface area contributed by atoms with Crippen molar-refractivity contribution in [3.05, 3.63) is 0 Å². The number of likely N-dealkylation sites (N-methyl/N-ethyl adjacent to an activating group) is 1. The number of hydrogen-bond donors (Lipinski definition) is 1. The number of nitrogens with zero attached hydrogens (tertiary/aromatic N) is 3. The van der Waals surface area contributed by atoms with Crippen LogP contribution in [-0.4, -0.2) is 52.9 Å². The van der Waals surface area contributed by atoms with Crippen molar-refractivity contribution in [1.29, 1.82) is 0 Å². The van der Waals surface area contributed by atoms with Gasteiger partial charge in [-0.15, -0.1) is 0 Å². The molecule has 5 heteroatoms. The summed E-state index contributed by atoms with van der Waals surface area (Å²) in [5.41, 5.74) is 5.64. The third kappa shape index (κ3) is 1.15. The average Bonchev–Trinajstić information content (AvgIpc) is 2.97. The van der Waals surface area contributed by atoms with E-state index in [4.69, 9.17) is 5.73 Å². The number of carbonyl (C=O) groups excluding carboxylic acids is 1. The number of rotatable bonds is 1. The van der Waals surface area contributed by atoms with Gasteiger partial charge in [0.15, 0.2) is 0 Å². The Morgan fingerprint density at radius 2 is 2.19 bits per heavy atom. The standard InChI is InChI=1S/C11H18N4O/c1-7-5-11(6-15(7)8-3-4-8)9(12)13-10(16)14(11)2/h7-8H,3-6H2,1-2H3,(H2,12,13,16). The predicted molar refractivity (Wildman–Crippen MR) is 61.3 cm³/mol. The summed E-state index contributed by atoms with van der Waals surface area (Å²) in [6.45, 7) is 3.08. The smallest absolute Gasteiger partial charge is 0.345 e. The van der Waals surface area contributed by atoms with E-state index >= 15 is 0 Å². The molecule has 2 amide bonds. The highest BCUT2D eigenvalue weighted by molar-refractivity contribution is 6.06. The summed E-state index contributed by atoms with van der Waals surface area (Å²) in [6.07, 6.45) is 3.49. The molecule has 0 aromatic rings. The molecule has 1 saturated heterocycles. The normalized spacial score (nSPS) is 39.9. The Morgan fingerprint density at radius 3 is 2.69 bits per heavy atom. The molecule has 1 saturated carbocycles. The van der Waals surface area contributed by atoms with Crippen molar-refractivity contribution < 1.29 is 4.79 Å². The number of amidine groups is 1. The maximum Gasteiger partial charge on any atom is 0.345 e. The third-order valence-corrected chi connectivity index (χ3v) is 4.28. The van der Waals surface area contributed by atoms with Crippen molar-refractivity contribution in [1.82, 2.24) is 9.80 Å². The summed E-state index contributed by atoms with van der Waals surface area (Å²) in [6, 6.07) is 1.02. The maximum atomic E-state index is 11.6. The minimum Gasteiger partial charge on any atom is -0.385 e. The van der Waals surface area contributed by atoms with Crippen molar-refractivity contribution in [2.24, 2.45) is 10.7 Å². The van der Waals surface area contributed by atoms with Gasteiger partial charge < -0.3 is 10.6 Å². The topological polar surface area (TPSA) is 61.9 Å². The molecule has 1 aliphatic carbocycles. The van der Waals surface area contributed by atoms with E-state index in [0.717, 1.165) is 13.0 Å². The van der Waals surface area contributed by atoms with Crippen LogP contribution in [-0.2, 0) is 0 Å². The lowest BCUT2D eigenvalue weighted by atomic mass is 9.94. The molecule has 0 aromatic carbocycles. The zero-order valence-corrected chi connectivity index (χ0v) is 9.81. The Labute approximate surface area is 95.3 Å². The molecular formula is C11H18N4O. The van der Waals surface area contributed by atoms with Gasteiger partial charge >= 0.3 is 6.03 Å². The van der Waals surface area contributed by atoms with E-state index < -0.39 is 0 Å². The van der Waals surface area contributed by atoms with Gasteiger partial charge in [0, 0.05) is 25.7 Å². The second-order valence-electron chi connectivity index (χ2n) is 5.33. The number of nitrogens with two attached hydrogens (primary N) is 1. The Bertz CT molecular complexity index is 376. The molecule has 5 nitrogen and oxygen atoms in total. The molecule has 1 spiro atoms. The van der Waals surface area contributed by atoms with Crippen molar-refractivity contribution in [3.63, 3.8) is 0 Å². The summed E-state index contributed by atoms with van der Waals surface area (Å²) in [7, 11) is 1.81. The van der Waals surface area contributed by atoms with Crippen LogP contribution in [0.4, 0.5) is 4.79 Å². The van der Waals surface area contributed by atoms with Crippen molar-refractivity contribution in [2.75, 3.05) is 13.6 Å². The molecule has 0 aromatic heterocycles. The molecule has 2 heterocycles. The van der Waals surface area contributed by atoms with Gasteiger partial charge in [-0.1, -0.05) is 0 Å². The van der Waals surface area contributed by atoms with Crippen LogP contribution in [0, 0.1) is 0 Å². The number of aliphatic imine (C=N–C) groups is 1. The lowest BCUT2D eigenvalue weighted by Gasteiger charge is -2.31. The summed E-state index contributed by atoms with van der Waals surface area (Å²) in [4.78, 5) is 19.7.